The second-order valence-electron chi connectivity index (χ2n) is 8.19. The van der Waals surface area contributed by atoms with Crippen molar-refractivity contribution in [2.45, 2.75) is 64.8 Å². The third-order valence-electron chi connectivity index (χ3n) is 4.31. The van der Waals surface area contributed by atoms with E-state index >= 15 is 0 Å². The lowest BCUT2D eigenvalue weighted by molar-refractivity contribution is -0.0376. The fourth-order valence-electron chi connectivity index (χ4n) is 3.04. The van der Waals surface area contributed by atoms with Crippen molar-refractivity contribution in [3.8, 4) is 0 Å². The van der Waals surface area contributed by atoms with E-state index in [-0.39, 0.29) is 36.3 Å². The molecule has 1 amide bonds. The molecule has 0 aromatic rings. The van der Waals surface area contributed by atoms with Gasteiger partial charge in [-0.3, -0.25) is 0 Å². The summed E-state index contributed by atoms with van der Waals surface area (Å²) in [6.07, 6.45) is 0.734. The molecule has 0 radical (unpaired) electrons. The molecule has 0 aromatic heterocycles. The maximum Gasteiger partial charge on any atom is 0.407 e. The SMILES string of the molecule is CC(C)(CO)CNC1C(NC(=O)OC(C)(C)C)C2CCOC21. The average molecular weight is 314 g/mol. The van der Waals surface area contributed by atoms with Crippen LogP contribution in [0, 0.1) is 11.3 Å². The van der Waals surface area contributed by atoms with Crippen molar-refractivity contribution in [2.75, 3.05) is 19.8 Å². The lowest BCUT2D eigenvalue weighted by atomic mass is 9.71. The average Bonchev–Trinajstić information content (AvgIpc) is 2.78. The summed E-state index contributed by atoms with van der Waals surface area (Å²) in [5.41, 5.74) is -0.693. The van der Waals surface area contributed by atoms with Gasteiger partial charge in [0.05, 0.1) is 18.2 Å². The molecule has 1 saturated carbocycles. The first-order valence-electron chi connectivity index (χ1n) is 8.08. The van der Waals surface area contributed by atoms with Crippen LogP contribution in [0.4, 0.5) is 4.79 Å². The van der Waals surface area contributed by atoms with Gasteiger partial charge in [-0.1, -0.05) is 13.8 Å². The van der Waals surface area contributed by atoms with E-state index in [1.165, 1.54) is 0 Å². The van der Waals surface area contributed by atoms with Crippen LogP contribution in [0.3, 0.4) is 0 Å². The van der Waals surface area contributed by atoms with Crippen molar-refractivity contribution in [2.24, 2.45) is 11.3 Å². The molecule has 6 nitrogen and oxygen atoms in total. The van der Waals surface area contributed by atoms with E-state index in [1.54, 1.807) is 0 Å². The highest BCUT2D eigenvalue weighted by atomic mass is 16.6. The van der Waals surface area contributed by atoms with E-state index in [1.807, 2.05) is 34.6 Å². The normalized spacial score (nSPS) is 31.4. The largest absolute Gasteiger partial charge is 0.444 e. The van der Waals surface area contributed by atoms with Crippen LogP contribution in [-0.4, -0.2) is 54.7 Å². The summed E-state index contributed by atoms with van der Waals surface area (Å²) in [6, 6.07) is 0.0997. The maximum absolute atomic E-state index is 12.0. The van der Waals surface area contributed by atoms with Gasteiger partial charge in [0.15, 0.2) is 0 Å². The zero-order valence-corrected chi connectivity index (χ0v) is 14.3. The Kier molecular flexibility index (Phi) is 5.04. The molecule has 0 aromatic carbocycles. The number of ether oxygens (including phenoxy) is 2. The number of carbonyl (C=O) groups is 1. The standard InChI is InChI=1S/C16H30N2O4/c1-15(2,3)22-14(20)18-11-10-6-7-21-13(10)12(11)17-8-16(4,5)9-19/h10-13,17,19H,6-9H2,1-5H3,(H,18,20). The number of rotatable bonds is 5. The number of amides is 1. The molecule has 0 spiro atoms. The van der Waals surface area contributed by atoms with E-state index in [0.717, 1.165) is 13.0 Å². The number of hydrogen-bond donors (Lipinski definition) is 3. The van der Waals surface area contributed by atoms with E-state index in [2.05, 4.69) is 10.6 Å². The highest BCUT2D eigenvalue weighted by molar-refractivity contribution is 5.68. The summed E-state index contributed by atoms with van der Waals surface area (Å²) in [5, 5.41) is 15.8. The van der Waals surface area contributed by atoms with Gasteiger partial charge < -0.3 is 25.2 Å². The molecule has 0 bridgehead atoms. The van der Waals surface area contributed by atoms with E-state index in [4.69, 9.17) is 9.47 Å². The molecule has 1 saturated heterocycles. The summed E-state index contributed by atoms with van der Waals surface area (Å²) < 4.78 is 11.1. The minimum absolute atomic E-state index is 0.0249. The van der Waals surface area contributed by atoms with Crippen molar-refractivity contribution in [1.29, 1.82) is 0 Å². The smallest absolute Gasteiger partial charge is 0.407 e. The number of hydrogen-bond acceptors (Lipinski definition) is 5. The molecule has 4 atom stereocenters. The number of alkyl carbamates (subject to hydrolysis) is 1. The van der Waals surface area contributed by atoms with Crippen LogP contribution in [0.5, 0.6) is 0 Å². The Hall–Kier alpha value is -0.850. The molecule has 2 aliphatic rings. The Morgan fingerprint density at radius 1 is 1.27 bits per heavy atom. The fraction of sp³-hybridized carbons (Fsp3) is 0.938. The van der Waals surface area contributed by atoms with Gasteiger partial charge in [-0.15, -0.1) is 0 Å². The molecular formula is C16H30N2O4. The number of aliphatic hydroxyl groups excluding tert-OH is 1. The molecule has 2 rings (SSSR count). The summed E-state index contributed by atoms with van der Waals surface area (Å²) >= 11 is 0. The van der Waals surface area contributed by atoms with Crippen LogP contribution in [-0.2, 0) is 9.47 Å². The van der Waals surface area contributed by atoms with E-state index in [9.17, 15) is 9.90 Å². The van der Waals surface area contributed by atoms with Gasteiger partial charge in [-0.2, -0.15) is 0 Å². The van der Waals surface area contributed by atoms with Crippen LogP contribution in [0.25, 0.3) is 0 Å². The number of nitrogens with one attached hydrogen (secondary N) is 2. The monoisotopic (exact) mass is 314 g/mol. The van der Waals surface area contributed by atoms with Gasteiger partial charge in [0.25, 0.3) is 0 Å². The van der Waals surface area contributed by atoms with Crippen molar-refractivity contribution in [3.05, 3.63) is 0 Å². The maximum atomic E-state index is 12.0. The van der Waals surface area contributed by atoms with Gasteiger partial charge in [-0.25, -0.2) is 4.79 Å². The van der Waals surface area contributed by atoms with Crippen molar-refractivity contribution >= 4 is 6.09 Å². The quantitative estimate of drug-likeness (QED) is 0.712. The molecule has 3 N–H and O–H groups in total. The third kappa shape index (κ3) is 4.12. The van der Waals surface area contributed by atoms with Gasteiger partial charge in [0.2, 0.25) is 0 Å². The van der Waals surface area contributed by atoms with Crippen molar-refractivity contribution in [3.63, 3.8) is 0 Å². The molecule has 1 aliphatic heterocycles. The summed E-state index contributed by atoms with van der Waals surface area (Å²) in [7, 11) is 0. The van der Waals surface area contributed by atoms with E-state index < -0.39 is 5.60 Å². The molecule has 22 heavy (non-hydrogen) atoms. The minimum Gasteiger partial charge on any atom is -0.444 e. The molecule has 4 unspecified atom stereocenters. The summed E-state index contributed by atoms with van der Waals surface area (Å²) in [6.45, 7) is 11.1. The highest BCUT2D eigenvalue weighted by Crippen LogP contribution is 2.39. The predicted octanol–water partition coefficient (Wildman–Crippen LogP) is 1.28. The Labute approximate surface area is 132 Å². The molecular weight excluding hydrogens is 284 g/mol. The van der Waals surface area contributed by atoms with Crippen molar-refractivity contribution in [1.82, 2.24) is 10.6 Å². The Morgan fingerprint density at radius 2 is 1.95 bits per heavy atom. The first kappa shape index (κ1) is 17.5. The molecule has 6 heteroatoms. The predicted molar refractivity (Wildman–Crippen MR) is 83.7 cm³/mol. The molecule has 2 fully saturated rings. The van der Waals surface area contributed by atoms with Gasteiger partial charge in [0, 0.05) is 31.1 Å². The van der Waals surface area contributed by atoms with Crippen LogP contribution in [0.15, 0.2) is 0 Å². The van der Waals surface area contributed by atoms with Gasteiger partial charge in [-0.05, 0) is 27.2 Å². The van der Waals surface area contributed by atoms with E-state index in [0.29, 0.717) is 12.5 Å². The van der Waals surface area contributed by atoms with Gasteiger partial charge >= 0.3 is 6.09 Å². The lowest BCUT2D eigenvalue weighted by Gasteiger charge is -2.48. The summed E-state index contributed by atoms with van der Waals surface area (Å²) in [5.74, 6) is 0.349. The number of aliphatic hydroxyl groups is 1. The third-order valence-corrected chi connectivity index (χ3v) is 4.31. The van der Waals surface area contributed by atoms with Crippen LogP contribution in [0.1, 0.15) is 41.0 Å². The van der Waals surface area contributed by atoms with Gasteiger partial charge in [0.1, 0.15) is 5.60 Å². The van der Waals surface area contributed by atoms with Crippen LogP contribution >= 0.6 is 0 Å². The van der Waals surface area contributed by atoms with Crippen LogP contribution < -0.4 is 10.6 Å². The van der Waals surface area contributed by atoms with Crippen LogP contribution in [0.2, 0.25) is 0 Å². The zero-order valence-electron chi connectivity index (χ0n) is 14.3. The topological polar surface area (TPSA) is 79.8 Å². The minimum atomic E-state index is -0.499. The second kappa shape index (κ2) is 6.34. The first-order valence-corrected chi connectivity index (χ1v) is 8.08. The highest BCUT2D eigenvalue weighted by Gasteiger charge is 2.54. The molecule has 1 aliphatic carbocycles. The number of carbonyl (C=O) groups excluding carboxylic acids is 1. The van der Waals surface area contributed by atoms with Crippen molar-refractivity contribution < 1.29 is 19.4 Å². The Balaban J connectivity index is 1.91. The second-order valence-corrected chi connectivity index (χ2v) is 8.19. The Bertz CT molecular complexity index is 405. The zero-order chi connectivity index (χ0) is 16.5. The molecule has 128 valence electrons. The molecule has 1 heterocycles. The summed E-state index contributed by atoms with van der Waals surface area (Å²) in [4.78, 5) is 12.0. The lowest BCUT2D eigenvalue weighted by Crippen LogP contribution is -2.71. The number of fused-ring (bicyclic) bond motifs is 1. The Morgan fingerprint density at radius 3 is 2.55 bits per heavy atom. The fourth-order valence-corrected chi connectivity index (χ4v) is 3.04. The first-order chi connectivity index (χ1) is 10.1.